The summed E-state index contributed by atoms with van der Waals surface area (Å²) in [5.74, 6) is -2.83. The number of hydrogen-bond donors (Lipinski definition) is 0. The zero-order valence-electron chi connectivity index (χ0n) is 12.0. The number of carbonyl (C=O) groups excluding carboxylic acids is 2. The van der Waals surface area contributed by atoms with Gasteiger partial charge in [-0.1, -0.05) is 0 Å². The molecule has 1 aliphatic heterocycles. The predicted octanol–water partition coefficient (Wildman–Crippen LogP) is 1.85. The number of hydrogen-bond acceptors (Lipinski definition) is 4. The number of fused-ring (bicyclic) bond motifs is 1. The number of non-ortho nitro benzene ring substituents is 1. The van der Waals surface area contributed by atoms with Gasteiger partial charge in [0.15, 0.2) is 0 Å². The molecule has 0 bridgehead atoms. The number of rotatable bonds is 2. The van der Waals surface area contributed by atoms with E-state index in [0.29, 0.717) is 4.90 Å². The molecule has 0 radical (unpaired) electrons. The molecule has 0 unspecified atom stereocenters. The molecule has 1 heterocycles. The number of nitro benzene ring substituents is 1. The smallest absolute Gasteiger partial charge is 0.321 e. The Kier molecular flexibility index (Phi) is 4.26. The molecule has 2 rings (SSSR count). The topological polar surface area (TPSA) is 83.8 Å². The number of anilines is 1. The largest absolute Gasteiger partial charge is 0.471 e. The number of carbonyl (C=O) groups is 2. The molecule has 0 saturated carbocycles. The van der Waals surface area contributed by atoms with E-state index in [1.165, 1.54) is 11.0 Å². The van der Waals surface area contributed by atoms with Gasteiger partial charge in [0.25, 0.3) is 5.69 Å². The molecule has 1 aromatic rings. The van der Waals surface area contributed by atoms with E-state index < -0.39 is 36.0 Å². The average Bonchev–Trinajstić information content (AvgIpc) is 2.59. The molecule has 2 amide bonds. The summed E-state index contributed by atoms with van der Waals surface area (Å²) in [6.07, 6.45) is -5.12. The second-order valence-electron chi connectivity index (χ2n) is 4.87. The van der Waals surface area contributed by atoms with Crippen LogP contribution in [-0.4, -0.2) is 40.9 Å². The molecule has 0 aliphatic carbocycles. The van der Waals surface area contributed by atoms with Gasteiger partial charge in [0.05, 0.1) is 4.92 Å². The minimum absolute atomic E-state index is 0.115. The van der Waals surface area contributed by atoms with E-state index in [-0.39, 0.29) is 23.5 Å². The van der Waals surface area contributed by atoms with Gasteiger partial charge in [0.1, 0.15) is 6.54 Å². The molecule has 23 heavy (non-hydrogen) atoms. The van der Waals surface area contributed by atoms with Crippen molar-refractivity contribution < 1.29 is 27.7 Å². The van der Waals surface area contributed by atoms with Crippen LogP contribution in [0.5, 0.6) is 0 Å². The van der Waals surface area contributed by atoms with Crippen molar-refractivity contribution in [2.45, 2.75) is 19.6 Å². The molecule has 0 saturated heterocycles. The van der Waals surface area contributed by atoms with Gasteiger partial charge >= 0.3 is 12.1 Å². The lowest BCUT2D eigenvalue weighted by Gasteiger charge is -2.21. The number of halogens is 3. The minimum atomic E-state index is -5.12. The lowest BCUT2D eigenvalue weighted by Crippen LogP contribution is -2.45. The number of benzene rings is 1. The van der Waals surface area contributed by atoms with Gasteiger partial charge < -0.3 is 9.80 Å². The van der Waals surface area contributed by atoms with Gasteiger partial charge in [-0.3, -0.25) is 19.7 Å². The van der Waals surface area contributed by atoms with Crippen molar-refractivity contribution in [3.05, 3.63) is 33.9 Å². The Morgan fingerprint density at radius 3 is 2.52 bits per heavy atom. The van der Waals surface area contributed by atoms with Crippen LogP contribution in [0.3, 0.4) is 0 Å². The van der Waals surface area contributed by atoms with Gasteiger partial charge in [-0.15, -0.1) is 0 Å². The lowest BCUT2D eigenvalue weighted by atomic mass is 10.1. The third-order valence-corrected chi connectivity index (χ3v) is 3.40. The maximum Gasteiger partial charge on any atom is 0.471 e. The van der Waals surface area contributed by atoms with Gasteiger partial charge in [-0.2, -0.15) is 13.2 Å². The molecule has 0 spiro atoms. The number of amides is 2. The zero-order valence-corrected chi connectivity index (χ0v) is 12.0. The standard InChI is InChI=1S/C13H12F3N3O4/c1-2-18-10-4-3-9(19(22)23)5-8(10)6-17(7-11(18)20)12(21)13(14,15)16/h3-5H,2,6-7H2,1H3. The monoisotopic (exact) mass is 331 g/mol. The SMILES string of the molecule is CCN1C(=O)CN(C(=O)C(F)(F)F)Cc2cc([N+](=O)[O-])ccc21. The van der Waals surface area contributed by atoms with E-state index in [9.17, 15) is 32.9 Å². The van der Waals surface area contributed by atoms with Crippen LogP contribution in [0.25, 0.3) is 0 Å². The van der Waals surface area contributed by atoms with Crippen molar-refractivity contribution in [2.24, 2.45) is 0 Å². The Balaban J connectivity index is 2.50. The van der Waals surface area contributed by atoms with Crippen LogP contribution in [0, 0.1) is 10.1 Å². The maximum absolute atomic E-state index is 12.6. The van der Waals surface area contributed by atoms with E-state index in [1.807, 2.05) is 0 Å². The summed E-state index contributed by atoms with van der Waals surface area (Å²) < 4.78 is 37.9. The zero-order chi connectivity index (χ0) is 17.4. The van der Waals surface area contributed by atoms with Crippen LogP contribution in [0.15, 0.2) is 18.2 Å². The van der Waals surface area contributed by atoms with Crippen LogP contribution in [0.4, 0.5) is 24.5 Å². The molecule has 0 fully saturated rings. The predicted molar refractivity (Wildman–Crippen MR) is 72.6 cm³/mol. The Bertz CT molecular complexity index is 675. The number of alkyl halides is 3. The van der Waals surface area contributed by atoms with Crippen molar-refractivity contribution in [2.75, 3.05) is 18.0 Å². The normalized spacial score (nSPS) is 15.2. The quantitative estimate of drug-likeness (QED) is 0.611. The molecule has 1 aliphatic rings. The highest BCUT2D eigenvalue weighted by molar-refractivity contribution is 5.99. The summed E-state index contributed by atoms with van der Waals surface area (Å²) in [5.41, 5.74) is 0.0543. The fourth-order valence-corrected chi connectivity index (χ4v) is 2.39. The molecule has 0 aromatic heterocycles. The van der Waals surface area contributed by atoms with Crippen LogP contribution >= 0.6 is 0 Å². The summed E-state index contributed by atoms with van der Waals surface area (Å²) >= 11 is 0. The third-order valence-electron chi connectivity index (χ3n) is 3.40. The van der Waals surface area contributed by atoms with Crippen molar-refractivity contribution >= 4 is 23.2 Å². The highest BCUT2D eigenvalue weighted by atomic mass is 19.4. The molecule has 124 valence electrons. The van der Waals surface area contributed by atoms with Crippen molar-refractivity contribution in [3.63, 3.8) is 0 Å². The highest BCUT2D eigenvalue weighted by Gasteiger charge is 2.44. The third kappa shape index (κ3) is 3.25. The summed E-state index contributed by atoms with van der Waals surface area (Å²) in [5, 5.41) is 10.8. The first-order valence-corrected chi connectivity index (χ1v) is 6.59. The van der Waals surface area contributed by atoms with E-state index >= 15 is 0 Å². The first kappa shape index (κ1) is 16.7. The fourth-order valence-electron chi connectivity index (χ4n) is 2.39. The summed E-state index contributed by atoms with van der Waals surface area (Å²) in [4.78, 5) is 35.2. The maximum atomic E-state index is 12.6. The Morgan fingerprint density at radius 2 is 2.00 bits per heavy atom. The second-order valence-corrected chi connectivity index (χ2v) is 4.87. The van der Waals surface area contributed by atoms with Gasteiger partial charge in [-0.25, -0.2) is 0 Å². The van der Waals surface area contributed by atoms with Gasteiger partial charge in [0, 0.05) is 36.5 Å². The van der Waals surface area contributed by atoms with E-state index in [2.05, 4.69) is 0 Å². The van der Waals surface area contributed by atoms with Gasteiger partial charge in [-0.05, 0) is 13.0 Å². The van der Waals surface area contributed by atoms with Crippen molar-refractivity contribution in [1.29, 1.82) is 0 Å². The Hall–Kier alpha value is -2.65. The molecule has 1 aromatic carbocycles. The molecular weight excluding hydrogens is 319 g/mol. The first-order chi connectivity index (χ1) is 10.6. The van der Waals surface area contributed by atoms with Crippen LogP contribution in [0.2, 0.25) is 0 Å². The van der Waals surface area contributed by atoms with Crippen LogP contribution in [-0.2, 0) is 16.1 Å². The molecular formula is C13H12F3N3O4. The summed E-state index contributed by atoms with van der Waals surface area (Å²) in [6.45, 7) is 0.508. The number of likely N-dealkylation sites (N-methyl/N-ethyl adjacent to an activating group) is 1. The fraction of sp³-hybridized carbons (Fsp3) is 0.385. The molecule has 0 atom stereocenters. The van der Waals surface area contributed by atoms with Gasteiger partial charge in [0.2, 0.25) is 5.91 Å². The van der Waals surface area contributed by atoms with Crippen LogP contribution < -0.4 is 4.90 Å². The lowest BCUT2D eigenvalue weighted by molar-refractivity contribution is -0.384. The number of nitro groups is 1. The van der Waals surface area contributed by atoms with Crippen molar-refractivity contribution in [3.8, 4) is 0 Å². The molecule has 7 nitrogen and oxygen atoms in total. The Morgan fingerprint density at radius 1 is 1.35 bits per heavy atom. The van der Waals surface area contributed by atoms with E-state index in [0.717, 1.165) is 12.1 Å². The molecule has 0 N–H and O–H groups in total. The van der Waals surface area contributed by atoms with Crippen molar-refractivity contribution in [1.82, 2.24) is 4.90 Å². The Labute approximate surface area is 128 Å². The minimum Gasteiger partial charge on any atom is -0.321 e. The second kappa shape index (κ2) is 5.86. The number of nitrogens with zero attached hydrogens (tertiary/aromatic N) is 3. The average molecular weight is 331 g/mol. The van der Waals surface area contributed by atoms with Crippen LogP contribution in [0.1, 0.15) is 12.5 Å². The molecule has 10 heteroatoms. The summed E-state index contributed by atoms with van der Waals surface area (Å²) in [7, 11) is 0. The summed E-state index contributed by atoms with van der Waals surface area (Å²) in [6, 6.07) is 3.54. The van der Waals surface area contributed by atoms with E-state index in [4.69, 9.17) is 0 Å². The first-order valence-electron chi connectivity index (χ1n) is 6.59. The highest BCUT2D eigenvalue weighted by Crippen LogP contribution is 2.31. The van der Waals surface area contributed by atoms with E-state index in [1.54, 1.807) is 6.92 Å².